The second-order valence-corrected chi connectivity index (χ2v) is 8.84. The minimum atomic E-state index is -0.911. The molecule has 0 radical (unpaired) electrons. The summed E-state index contributed by atoms with van der Waals surface area (Å²) < 4.78 is 10.0. The molecule has 23 heavy (non-hydrogen) atoms. The maximum absolute atomic E-state index is 12.6. The summed E-state index contributed by atoms with van der Waals surface area (Å²) >= 11 is 3.19. The first-order valence-corrected chi connectivity index (χ1v) is 8.50. The number of carbonyl (C=O) groups is 3. The average molecular weight is 390 g/mol. The molecule has 2 bridgehead atoms. The SMILES string of the molecule is CC(C)(Br)C(=O)OCCN1C(=O)C2C3CCC(CO)(O3)C2C1=O. The number of rotatable bonds is 5. The van der Waals surface area contributed by atoms with E-state index in [0.717, 1.165) is 4.90 Å². The number of ether oxygens (including phenoxy) is 2. The van der Waals surface area contributed by atoms with Crippen LogP contribution in [0.1, 0.15) is 26.7 Å². The van der Waals surface area contributed by atoms with Crippen LogP contribution < -0.4 is 0 Å². The molecule has 4 atom stereocenters. The lowest BCUT2D eigenvalue weighted by Crippen LogP contribution is -2.45. The topological polar surface area (TPSA) is 93.1 Å². The number of halogens is 1. The van der Waals surface area contributed by atoms with E-state index in [9.17, 15) is 19.5 Å². The Kier molecular flexibility index (Phi) is 4.05. The van der Waals surface area contributed by atoms with E-state index in [1.807, 2.05) is 0 Å². The predicted molar refractivity (Wildman–Crippen MR) is 81.6 cm³/mol. The minimum Gasteiger partial charge on any atom is -0.463 e. The first-order chi connectivity index (χ1) is 10.7. The monoisotopic (exact) mass is 389 g/mol. The number of alkyl halides is 1. The van der Waals surface area contributed by atoms with Crippen molar-refractivity contribution in [1.82, 2.24) is 4.90 Å². The van der Waals surface area contributed by atoms with E-state index in [0.29, 0.717) is 12.8 Å². The highest BCUT2D eigenvalue weighted by molar-refractivity contribution is 9.10. The van der Waals surface area contributed by atoms with Crippen molar-refractivity contribution >= 4 is 33.7 Å². The Balaban J connectivity index is 1.66. The minimum absolute atomic E-state index is 0.0354. The number of fused-ring (bicyclic) bond motifs is 5. The Labute approximate surface area is 142 Å². The van der Waals surface area contributed by atoms with Gasteiger partial charge in [0.1, 0.15) is 16.5 Å². The van der Waals surface area contributed by atoms with Gasteiger partial charge in [0.05, 0.1) is 31.1 Å². The Morgan fingerprint density at radius 3 is 2.78 bits per heavy atom. The van der Waals surface area contributed by atoms with E-state index in [-0.39, 0.29) is 37.7 Å². The molecule has 3 fully saturated rings. The van der Waals surface area contributed by atoms with Gasteiger partial charge in [0, 0.05) is 0 Å². The molecule has 3 heterocycles. The van der Waals surface area contributed by atoms with Crippen LogP contribution in [0.4, 0.5) is 0 Å². The van der Waals surface area contributed by atoms with Gasteiger partial charge >= 0.3 is 5.97 Å². The summed E-state index contributed by atoms with van der Waals surface area (Å²) in [6.45, 7) is 3.05. The zero-order valence-corrected chi connectivity index (χ0v) is 14.7. The standard InChI is InChI=1S/C15H20BrNO6/c1-14(2,16)13(21)22-6-5-17-11(19)9-8-3-4-15(7-18,23-8)10(9)12(17)20/h8-10,18H,3-7H2,1-2H3. The number of aliphatic hydroxyl groups is 1. The van der Waals surface area contributed by atoms with E-state index in [1.165, 1.54) is 0 Å². The highest BCUT2D eigenvalue weighted by atomic mass is 79.9. The summed E-state index contributed by atoms with van der Waals surface area (Å²) in [7, 11) is 0. The van der Waals surface area contributed by atoms with Gasteiger partial charge in [-0.25, -0.2) is 0 Å². The third kappa shape index (κ3) is 2.51. The van der Waals surface area contributed by atoms with Crippen LogP contribution in [0, 0.1) is 11.8 Å². The Bertz CT molecular complexity index is 559. The predicted octanol–water partition coefficient (Wildman–Crippen LogP) is 0.228. The van der Waals surface area contributed by atoms with E-state index >= 15 is 0 Å². The molecule has 1 N–H and O–H groups in total. The van der Waals surface area contributed by atoms with Crippen molar-refractivity contribution in [2.24, 2.45) is 11.8 Å². The van der Waals surface area contributed by atoms with E-state index < -0.39 is 27.7 Å². The van der Waals surface area contributed by atoms with Crippen molar-refractivity contribution < 1.29 is 29.0 Å². The summed E-state index contributed by atoms with van der Waals surface area (Å²) in [6.07, 6.45) is 0.980. The van der Waals surface area contributed by atoms with Crippen LogP contribution >= 0.6 is 15.9 Å². The lowest BCUT2D eigenvalue weighted by atomic mass is 9.73. The van der Waals surface area contributed by atoms with Gasteiger partial charge in [-0.15, -0.1) is 0 Å². The molecule has 2 amide bonds. The third-order valence-electron chi connectivity index (χ3n) is 4.95. The summed E-state index contributed by atoms with van der Waals surface area (Å²) in [5, 5.41) is 9.64. The summed E-state index contributed by atoms with van der Waals surface area (Å²) in [5.74, 6) is -2.18. The number of nitrogens with zero attached hydrogens (tertiary/aromatic N) is 1. The number of esters is 1. The highest BCUT2D eigenvalue weighted by Crippen LogP contribution is 2.54. The van der Waals surface area contributed by atoms with Gasteiger partial charge in [-0.2, -0.15) is 0 Å². The second kappa shape index (κ2) is 5.53. The Morgan fingerprint density at radius 2 is 2.17 bits per heavy atom. The number of carbonyl (C=O) groups excluding carboxylic acids is 3. The molecule has 128 valence electrons. The van der Waals surface area contributed by atoms with Gasteiger partial charge in [0.25, 0.3) is 0 Å². The first-order valence-electron chi connectivity index (χ1n) is 7.71. The molecule has 4 unspecified atom stereocenters. The number of amides is 2. The van der Waals surface area contributed by atoms with Crippen LogP contribution in [0.25, 0.3) is 0 Å². The molecule has 0 aliphatic carbocycles. The quantitative estimate of drug-likeness (QED) is 0.411. The molecule has 0 spiro atoms. The molecular weight excluding hydrogens is 370 g/mol. The third-order valence-corrected chi connectivity index (χ3v) is 5.27. The molecule has 0 aromatic heterocycles. The molecule has 3 rings (SSSR count). The lowest BCUT2D eigenvalue weighted by molar-refractivity contribution is -0.152. The van der Waals surface area contributed by atoms with E-state index in [4.69, 9.17) is 9.47 Å². The molecular formula is C15H20BrNO6. The molecule has 0 aromatic rings. The number of hydrogen-bond donors (Lipinski definition) is 1. The first kappa shape index (κ1) is 16.9. The highest BCUT2D eigenvalue weighted by Gasteiger charge is 2.69. The Morgan fingerprint density at radius 1 is 1.48 bits per heavy atom. The normalized spacial score (nSPS) is 35.8. The zero-order valence-electron chi connectivity index (χ0n) is 13.1. The second-order valence-electron chi connectivity index (χ2n) is 6.86. The maximum Gasteiger partial charge on any atom is 0.322 e. The van der Waals surface area contributed by atoms with Crippen molar-refractivity contribution in [3.05, 3.63) is 0 Å². The molecule has 0 aromatic carbocycles. The van der Waals surface area contributed by atoms with Crippen LogP contribution in [-0.4, -0.2) is 63.6 Å². The van der Waals surface area contributed by atoms with Crippen LogP contribution in [0.3, 0.4) is 0 Å². The van der Waals surface area contributed by atoms with Crippen LogP contribution in [0.2, 0.25) is 0 Å². The number of likely N-dealkylation sites (tertiary alicyclic amines) is 1. The molecule has 7 nitrogen and oxygen atoms in total. The van der Waals surface area contributed by atoms with Gasteiger partial charge in [-0.1, -0.05) is 15.9 Å². The van der Waals surface area contributed by atoms with Gasteiger partial charge in [-0.3, -0.25) is 19.3 Å². The van der Waals surface area contributed by atoms with Gasteiger partial charge < -0.3 is 14.6 Å². The van der Waals surface area contributed by atoms with E-state index in [1.54, 1.807) is 13.8 Å². The molecule has 3 saturated heterocycles. The smallest absolute Gasteiger partial charge is 0.322 e. The lowest BCUT2D eigenvalue weighted by Gasteiger charge is -2.28. The van der Waals surface area contributed by atoms with Crippen LogP contribution in [-0.2, 0) is 23.9 Å². The van der Waals surface area contributed by atoms with E-state index in [2.05, 4.69) is 15.9 Å². The fourth-order valence-corrected chi connectivity index (χ4v) is 3.92. The molecule has 3 aliphatic heterocycles. The van der Waals surface area contributed by atoms with Gasteiger partial charge in [0.2, 0.25) is 11.8 Å². The van der Waals surface area contributed by atoms with Crippen molar-refractivity contribution in [2.75, 3.05) is 19.8 Å². The largest absolute Gasteiger partial charge is 0.463 e. The van der Waals surface area contributed by atoms with Gasteiger partial charge in [0.15, 0.2) is 0 Å². The Hall–Kier alpha value is -0.990. The van der Waals surface area contributed by atoms with Crippen LogP contribution in [0.15, 0.2) is 0 Å². The summed E-state index contributed by atoms with van der Waals surface area (Å²) in [5.41, 5.74) is -0.911. The van der Waals surface area contributed by atoms with Crippen molar-refractivity contribution in [1.29, 1.82) is 0 Å². The van der Waals surface area contributed by atoms with Crippen molar-refractivity contribution in [3.8, 4) is 0 Å². The summed E-state index contributed by atoms with van der Waals surface area (Å²) in [6, 6.07) is 0. The number of aliphatic hydroxyl groups excluding tert-OH is 1. The summed E-state index contributed by atoms with van der Waals surface area (Å²) in [4.78, 5) is 37.9. The molecule has 0 saturated carbocycles. The zero-order chi connectivity index (χ0) is 17.0. The van der Waals surface area contributed by atoms with Gasteiger partial charge in [-0.05, 0) is 26.7 Å². The number of hydrogen-bond acceptors (Lipinski definition) is 6. The maximum atomic E-state index is 12.6. The van der Waals surface area contributed by atoms with Crippen LogP contribution in [0.5, 0.6) is 0 Å². The van der Waals surface area contributed by atoms with Crippen molar-refractivity contribution in [3.63, 3.8) is 0 Å². The fraction of sp³-hybridized carbons (Fsp3) is 0.800. The van der Waals surface area contributed by atoms with Crippen molar-refractivity contribution in [2.45, 2.75) is 42.7 Å². The molecule has 3 aliphatic rings. The fourth-order valence-electron chi connectivity index (χ4n) is 3.80. The average Bonchev–Trinajstić information content (AvgIpc) is 3.12. The molecule has 8 heteroatoms. The number of imide groups is 1.